The van der Waals surface area contributed by atoms with Crippen molar-refractivity contribution in [2.24, 2.45) is 0 Å². The van der Waals surface area contributed by atoms with Crippen LogP contribution in [0.15, 0.2) is 22.0 Å². The van der Waals surface area contributed by atoms with Crippen molar-refractivity contribution in [1.82, 2.24) is 0 Å². The Labute approximate surface area is 93.5 Å². The van der Waals surface area contributed by atoms with Gasteiger partial charge < -0.3 is 5.11 Å². The first-order valence-electron chi connectivity index (χ1n) is 3.97. The van der Waals surface area contributed by atoms with Crippen LogP contribution in [0.1, 0.15) is 11.1 Å². The second-order valence-electron chi connectivity index (χ2n) is 2.86. The molecule has 0 unspecified atom stereocenters. The summed E-state index contributed by atoms with van der Waals surface area (Å²) in [7, 11) is 0. The van der Waals surface area contributed by atoms with E-state index >= 15 is 0 Å². The van der Waals surface area contributed by atoms with E-state index in [0.29, 0.717) is 11.1 Å². The number of hydrogen-bond acceptors (Lipinski definition) is 3. The third-order valence-corrected chi connectivity index (χ3v) is 3.95. The monoisotopic (exact) mass is 267 g/mol. The van der Waals surface area contributed by atoms with E-state index in [9.17, 15) is 0 Å². The molecule has 2 rings (SSSR count). The van der Waals surface area contributed by atoms with Crippen LogP contribution in [0.4, 0.5) is 0 Å². The maximum atomic E-state index is 9.07. The first-order chi connectivity index (χ1) is 6.76. The van der Waals surface area contributed by atoms with Crippen LogP contribution < -0.4 is 0 Å². The second kappa shape index (κ2) is 3.70. The molecule has 0 spiro atoms. The van der Waals surface area contributed by atoms with E-state index in [0.717, 1.165) is 14.6 Å². The number of rotatable bonds is 1. The third-order valence-electron chi connectivity index (χ3n) is 2.04. The van der Waals surface area contributed by atoms with Gasteiger partial charge in [0.15, 0.2) is 0 Å². The molecule has 0 amide bonds. The number of aliphatic hydroxyl groups is 1. The molecule has 1 aromatic heterocycles. The highest BCUT2D eigenvalue weighted by molar-refractivity contribution is 9.10. The zero-order chi connectivity index (χ0) is 10.1. The van der Waals surface area contributed by atoms with Crippen molar-refractivity contribution in [3.05, 3.63) is 33.1 Å². The fraction of sp³-hybridized carbons (Fsp3) is 0.100. The summed E-state index contributed by atoms with van der Waals surface area (Å²) in [6, 6.07) is 5.75. The fourth-order valence-corrected chi connectivity index (χ4v) is 2.90. The van der Waals surface area contributed by atoms with Crippen molar-refractivity contribution in [3.8, 4) is 6.07 Å². The predicted molar refractivity (Wildman–Crippen MR) is 60.2 cm³/mol. The summed E-state index contributed by atoms with van der Waals surface area (Å²) in [5.74, 6) is 0. The normalized spacial score (nSPS) is 10.4. The molecule has 14 heavy (non-hydrogen) atoms. The summed E-state index contributed by atoms with van der Waals surface area (Å²) in [5, 5.41) is 21.0. The standard InChI is InChI=1S/C10H6BrNOS/c11-9-5-14-10-2-6(3-12)7(4-13)1-8(9)10/h1-2,5,13H,4H2. The molecule has 1 heterocycles. The summed E-state index contributed by atoms with van der Waals surface area (Å²) >= 11 is 5.01. The molecular formula is C10H6BrNOS. The highest BCUT2D eigenvalue weighted by Crippen LogP contribution is 2.32. The molecule has 70 valence electrons. The maximum absolute atomic E-state index is 9.07. The minimum Gasteiger partial charge on any atom is -0.392 e. The van der Waals surface area contributed by atoms with Crippen LogP contribution in [0.2, 0.25) is 0 Å². The topological polar surface area (TPSA) is 44.0 Å². The number of hydrogen-bond donors (Lipinski definition) is 1. The van der Waals surface area contributed by atoms with Gasteiger partial charge in [0.25, 0.3) is 0 Å². The van der Waals surface area contributed by atoms with E-state index < -0.39 is 0 Å². The number of nitrogens with zero attached hydrogens (tertiary/aromatic N) is 1. The Hall–Kier alpha value is -0.890. The predicted octanol–water partition coefficient (Wildman–Crippen LogP) is 3.03. The minimum absolute atomic E-state index is 0.0961. The van der Waals surface area contributed by atoms with Gasteiger partial charge in [-0.05, 0) is 33.6 Å². The van der Waals surface area contributed by atoms with Crippen molar-refractivity contribution in [1.29, 1.82) is 5.26 Å². The van der Waals surface area contributed by atoms with Gasteiger partial charge in [0.05, 0.1) is 18.2 Å². The number of fused-ring (bicyclic) bond motifs is 1. The number of halogens is 1. The van der Waals surface area contributed by atoms with Gasteiger partial charge in [-0.3, -0.25) is 0 Å². The SMILES string of the molecule is N#Cc1cc2scc(Br)c2cc1CO. The lowest BCUT2D eigenvalue weighted by atomic mass is 10.1. The van der Waals surface area contributed by atoms with Crippen molar-refractivity contribution in [2.45, 2.75) is 6.61 Å². The number of benzene rings is 1. The minimum atomic E-state index is -0.0961. The fourth-order valence-electron chi connectivity index (χ4n) is 1.32. The largest absolute Gasteiger partial charge is 0.392 e. The smallest absolute Gasteiger partial charge is 0.0995 e. The summed E-state index contributed by atoms with van der Waals surface area (Å²) in [6.45, 7) is -0.0961. The van der Waals surface area contributed by atoms with Gasteiger partial charge >= 0.3 is 0 Å². The lowest BCUT2D eigenvalue weighted by Crippen LogP contribution is -1.88. The summed E-state index contributed by atoms with van der Waals surface area (Å²) < 4.78 is 2.07. The van der Waals surface area contributed by atoms with E-state index in [4.69, 9.17) is 10.4 Å². The first kappa shape index (κ1) is 9.66. The zero-order valence-corrected chi connectivity index (χ0v) is 9.52. The number of nitriles is 1. The molecule has 0 aliphatic heterocycles. The van der Waals surface area contributed by atoms with Crippen LogP contribution in [0.5, 0.6) is 0 Å². The molecule has 0 fully saturated rings. The Morgan fingerprint density at radius 3 is 2.93 bits per heavy atom. The van der Waals surface area contributed by atoms with Crippen LogP contribution in [-0.4, -0.2) is 5.11 Å². The zero-order valence-electron chi connectivity index (χ0n) is 7.12. The molecule has 1 aromatic carbocycles. The van der Waals surface area contributed by atoms with Crippen LogP contribution in [0.25, 0.3) is 10.1 Å². The molecule has 0 saturated carbocycles. The Kier molecular flexibility index (Phi) is 2.55. The van der Waals surface area contributed by atoms with Gasteiger partial charge in [0.2, 0.25) is 0 Å². The average molecular weight is 268 g/mol. The summed E-state index contributed by atoms with van der Waals surface area (Å²) in [5.41, 5.74) is 1.23. The molecule has 0 saturated heterocycles. The van der Waals surface area contributed by atoms with Crippen LogP contribution in [0, 0.1) is 11.3 Å². The van der Waals surface area contributed by atoms with Gasteiger partial charge in [0.1, 0.15) is 0 Å². The Morgan fingerprint density at radius 2 is 2.29 bits per heavy atom. The first-order valence-corrected chi connectivity index (χ1v) is 5.64. The quantitative estimate of drug-likeness (QED) is 0.863. The Bertz CT molecular complexity index is 527. The van der Waals surface area contributed by atoms with E-state index in [1.807, 2.05) is 17.5 Å². The molecule has 4 heteroatoms. The molecule has 0 radical (unpaired) electrons. The molecule has 2 nitrogen and oxygen atoms in total. The van der Waals surface area contributed by atoms with Crippen LogP contribution >= 0.6 is 27.3 Å². The molecule has 0 bridgehead atoms. The lowest BCUT2D eigenvalue weighted by molar-refractivity contribution is 0.281. The Morgan fingerprint density at radius 1 is 1.50 bits per heavy atom. The molecule has 0 atom stereocenters. The number of thiophene rings is 1. The van der Waals surface area contributed by atoms with Crippen molar-refractivity contribution < 1.29 is 5.11 Å². The highest BCUT2D eigenvalue weighted by Gasteiger charge is 2.07. The van der Waals surface area contributed by atoms with Crippen molar-refractivity contribution >= 4 is 37.4 Å². The number of aliphatic hydroxyl groups excluding tert-OH is 1. The van der Waals surface area contributed by atoms with Gasteiger partial charge in [-0.15, -0.1) is 11.3 Å². The van der Waals surface area contributed by atoms with Gasteiger partial charge in [0, 0.05) is 19.9 Å². The Balaban J connectivity index is 2.79. The molecule has 0 aliphatic rings. The van der Waals surface area contributed by atoms with E-state index in [2.05, 4.69) is 22.0 Å². The molecule has 0 aliphatic carbocycles. The summed E-state index contributed by atoms with van der Waals surface area (Å²) in [4.78, 5) is 0. The average Bonchev–Trinajstić information content (AvgIpc) is 2.58. The van der Waals surface area contributed by atoms with Crippen LogP contribution in [-0.2, 0) is 6.61 Å². The van der Waals surface area contributed by atoms with E-state index in [1.165, 1.54) is 0 Å². The van der Waals surface area contributed by atoms with Gasteiger partial charge in [-0.25, -0.2) is 0 Å². The third kappa shape index (κ3) is 1.44. The highest BCUT2D eigenvalue weighted by atomic mass is 79.9. The molecular weight excluding hydrogens is 262 g/mol. The second-order valence-corrected chi connectivity index (χ2v) is 4.62. The summed E-state index contributed by atoms with van der Waals surface area (Å²) in [6.07, 6.45) is 0. The van der Waals surface area contributed by atoms with Crippen molar-refractivity contribution in [3.63, 3.8) is 0 Å². The van der Waals surface area contributed by atoms with E-state index in [1.54, 1.807) is 11.3 Å². The van der Waals surface area contributed by atoms with Gasteiger partial charge in [-0.2, -0.15) is 5.26 Å². The van der Waals surface area contributed by atoms with Crippen molar-refractivity contribution in [2.75, 3.05) is 0 Å². The van der Waals surface area contributed by atoms with Gasteiger partial charge in [-0.1, -0.05) is 0 Å². The molecule has 2 aromatic rings. The maximum Gasteiger partial charge on any atom is 0.0995 e. The molecule has 1 N–H and O–H groups in total. The lowest BCUT2D eigenvalue weighted by Gasteiger charge is -2.00. The van der Waals surface area contributed by atoms with Crippen LogP contribution in [0.3, 0.4) is 0 Å². The van der Waals surface area contributed by atoms with E-state index in [-0.39, 0.29) is 6.61 Å².